The number of aromatic nitrogens is 4. The van der Waals surface area contributed by atoms with Gasteiger partial charge in [-0.05, 0) is 42.5 Å². The Labute approximate surface area is 131 Å². The molecule has 4 aromatic rings. The summed E-state index contributed by atoms with van der Waals surface area (Å²) in [5.41, 5.74) is 3.29. The molecule has 0 aliphatic rings. The highest BCUT2D eigenvalue weighted by Gasteiger charge is 2.11. The molecule has 0 spiro atoms. The molecule has 23 heavy (non-hydrogen) atoms. The monoisotopic (exact) mass is 304 g/mol. The van der Waals surface area contributed by atoms with Gasteiger partial charge in [0, 0.05) is 23.5 Å². The molecule has 6 heteroatoms. The topological polar surface area (TPSA) is 73.9 Å². The van der Waals surface area contributed by atoms with Crippen LogP contribution in [0.4, 0.5) is 0 Å². The van der Waals surface area contributed by atoms with Crippen LogP contribution in [0.1, 0.15) is 0 Å². The highest BCUT2D eigenvalue weighted by atomic mass is 16.5. The molecular formula is C17H12N4O2. The van der Waals surface area contributed by atoms with E-state index in [9.17, 15) is 0 Å². The molecule has 0 saturated heterocycles. The maximum Gasteiger partial charge on any atom is 0.258 e. The standard InChI is InChI=1S/C17H12N4O2/c1-22-13-5-2-11(3-6-13)17-20-16(21-23-17)12-4-7-14-15(10-12)19-9-8-18-14/h2-10H,1H3. The summed E-state index contributed by atoms with van der Waals surface area (Å²) in [7, 11) is 1.63. The van der Waals surface area contributed by atoms with Crippen LogP contribution in [-0.2, 0) is 0 Å². The van der Waals surface area contributed by atoms with Crippen molar-refractivity contribution in [1.82, 2.24) is 20.1 Å². The van der Waals surface area contributed by atoms with E-state index in [0.717, 1.165) is 27.9 Å². The highest BCUT2D eigenvalue weighted by molar-refractivity contribution is 5.79. The van der Waals surface area contributed by atoms with Gasteiger partial charge in [-0.2, -0.15) is 4.98 Å². The normalized spacial score (nSPS) is 10.8. The number of ether oxygens (including phenoxy) is 1. The van der Waals surface area contributed by atoms with Crippen molar-refractivity contribution in [3.63, 3.8) is 0 Å². The Kier molecular flexibility index (Phi) is 3.20. The molecule has 0 aliphatic heterocycles. The second-order valence-electron chi connectivity index (χ2n) is 4.91. The second-order valence-corrected chi connectivity index (χ2v) is 4.91. The zero-order chi connectivity index (χ0) is 15.6. The molecule has 0 atom stereocenters. The van der Waals surface area contributed by atoms with Crippen LogP contribution in [0.2, 0.25) is 0 Å². The van der Waals surface area contributed by atoms with Gasteiger partial charge in [-0.3, -0.25) is 9.97 Å². The molecular weight excluding hydrogens is 292 g/mol. The van der Waals surface area contributed by atoms with Crippen molar-refractivity contribution < 1.29 is 9.26 Å². The summed E-state index contributed by atoms with van der Waals surface area (Å²) in [5.74, 6) is 1.76. The van der Waals surface area contributed by atoms with Crippen LogP contribution in [0.5, 0.6) is 5.75 Å². The average molecular weight is 304 g/mol. The maximum absolute atomic E-state index is 5.35. The van der Waals surface area contributed by atoms with E-state index in [1.165, 1.54) is 0 Å². The van der Waals surface area contributed by atoms with Crippen LogP contribution in [0.25, 0.3) is 33.9 Å². The van der Waals surface area contributed by atoms with Gasteiger partial charge in [0.2, 0.25) is 5.82 Å². The maximum atomic E-state index is 5.35. The Morgan fingerprint density at radius 1 is 0.870 bits per heavy atom. The summed E-state index contributed by atoms with van der Waals surface area (Å²) in [6, 6.07) is 13.1. The van der Waals surface area contributed by atoms with Gasteiger partial charge in [0.1, 0.15) is 5.75 Å². The number of benzene rings is 2. The summed E-state index contributed by atoms with van der Waals surface area (Å²) in [6.07, 6.45) is 3.32. The minimum absolute atomic E-state index is 0.460. The first-order valence-electron chi connectivity index (χ1n) is 7.03. The third-order valence-electron chi connectivity index (χ3n) is 3.49. The predicted molar refractivity (Wildman–Crippen MR) is 84.8 cm³/mol. The molecule has 2 heterocycles. The third-order valence-corrected chi connectivity index (χ3v) is 3.49. The van der Waals surface area contributed by atoms with E-state index in [2.05, 4.69) is 20.1 Å². The van der Waals surface area contributed by atoms with Gasteiger partial charge >= 0.3 is 0 Å². The first-order chi connectivity index (χ1) is 11.3. The van der Waals surface area contributed by atoms with Gasteiger partial charge in [-0.1, -0.05) is 5.16 Å². The Bertz CT molecular complexity index is 964. The minimum atomic E-state index is 0.460. The predicted octanol–water partition coefficient (Wildman–Crippen LogP) is 3.36. The molecule has 0 unspecified atom stereocenters. The van der Waals surface area contributed by atoms with Gasteiger partial charge in [0.25, 0.3) is 5.89 Å². The molecule has 6 nitrogen and oxygen atoms in total. The summed E-state index contributed by atoms with van der Waals surface area (Å²) in [5, 5.41) is 4.05. The lowest BCUT2D eigenvalue weighted by atomic mass is 10.2. The lowest BCUT2D eigenvalue weighted by molar-refractivity contribution is 0.414. The number of nitrogens with zero attached hydrogens (tertiary/aromatic N) is 4. The van der Waals surface area contributed by atoms with Gasteiger partial charge in [-0.25, -0.2) is 0 Å². The Balaban J connectivity index is 1.70. The molecule has 0 N–H and O–H groups in total. The van der Waals surface area contributed by atoms with Gasteiger partial charge in [0.15, 0.2) is 0 Å². The van der Waals surface area contributed by atoms with Gasteiger partial charge < -0.3 is 9.26 Å². The largest absolute Gasteiger partial charge is 0.497 e. The van der Waals surface area contributed by atoms with Crippen molar-refractivity contribution in [2.24, 2.45) is 0 Å². The van der Waals surface area contributed by atoms with Crippen molar-refractivity contribution in [1.29, 1.82) is 0 Å². The van der Waals surface area contributed by atoms with Crippen LogP contribution in [-0.4, -0.2) is 27.2 Å². The quantitative estimate of drug-likeness (QED) is 0.578. The zero-order valence-electron chi connectivity index (χ0n) is 12.3. The SMILES string of the molecule is COc1ccc(-c2nc(-c3ccc4nccnc4c3)no2)cc1. The Morgan fingerprint density at radius 2 is 1.61 bits per heavy atom. The number of rotatable bonds is 3. The van der Waals surface area contributed by atoms with Crippen LogP contribution >= 0.6 is 0 Å². The molecule has 0 saturated carbocycles. The van der Waals surface area contributed by atoms with Crippen molar-refractivity contribution in [2.75, 3.05) is 7.11 Å². The lowest BCUT2D eigenvalue weighted by Crippen LogP contribution is -1.86. The third kappa shape index (κ3) is 2.50. The number of hydrogen-bond acceptors (Lipinski definition) is 6. The summed E-state index contributed by atoms with van der Waals surface area (Å²) in [4.78, 5) is 13.0. The van der Waals surface area contributed by atoms with Crippen LogP contribution in [0.15, 0.2) is 59.4 Å². The molecule has 2 aromatic heterocycles. The first kappa shape index (κ1) is 13.4. The first-order valence-corrected chi connectivity index (χ1v) is 7.03. The molecule has 0 fully saturated rings. The average Bonchev–Trinajstić information content (AvgIpc) is 3.11. The molecule has 0 bridgehead atoms. The van der Waals surface area contributed by atoms with E-state index in [0.29, 0.717) is 11.7 Å². The zero-order valence-corrected chi connectivity index (χ0v) is 12.3. The molecule has 2 aromatic carbocycles. The number of hydrogen-bond donors (Lipinski definition) is 0. The number of fused-ring (bicyclic) bond motifs is 1. The van der Waals surface area contributed by atoms with E-state index in [-0.39, 0.29) is 0 Å². The fourth-order valence-corrected chi connectivity index (χ4v) is 2.29. The van der Waals surface area contributed by atoms with Crippen molar-refractivity contribution in [3.05, 3.63) is 54.9 Å². The van der Waals surface area contributed by atoms with Crippen LogP contribution in [0.3, 0.4) is 0 Å². The van der Waals surface area contributed by atoms with Gasteiger partial charge in [-0.15, -0.1) is 0 Å². The van der Waals surface area contributed by atoms with E-state index in [4.69, 9.17) is 9.26 Å². The van der Waals surface area contributed by atoms with E-state index in [1.807, 2.05) is 42.5 Å². The van der Waals surface area contributed by atoms with E-state index < -0.39 is 0 Å². The Hall–Kier alpha value is -3.28. The Morgan fingerprint density at radius 3 is 2.39 bits per heavy atom. The number of methoxy groups -OCH3 is 1. The minimum Gasteiger partial charge on any atom is -0.497 e. The fourth-order valence-electron chi connectivity index (χ4n) is 2.29. The second kappa shape index (κ2) is 5.49. The molecule has 112 valence electrons. The van der Waals surface area contributed by atoms with Crippen LogP contribution < -0.4 is 4.74 Å². The summed E-state index contributed by atoms with van der Waals surface area (Å²) in [6.45, 7) is 0. The highest BCUT2D eigenvalue weighted by Crippen LogP contribution is 2.25. The summed E-state index contributed by atoms with van der Waals surface area (Å²) < 4.78 is 10.5. The smallest absolute Gasteiger partial charge is 0.258 e. The van der Waals surface area contributed by atoms with Crippen LogP contribution in [0, 0.1) is 0 Å². The van der Waals surface area contributed by atoms with Crippen molar-refractivity contribution >= 4 is 11.0 Å². The molecule has 0 amide bonds. The van der Waals surface area contributed by atoms with Crippen molar-refractivity contribution in [2.45, 2.75) is 0 Å². The summed E-state index contributed by atoms with van der Waals surface area (Å²) >= 11 is 0. The van der Waals surface area contributed by atoms with Crippen molar-refractivity contribution in [3.8, 4) is 28.6 Å². The lowest BCUT2D eigenvalue weighted by Gasteiger charge is -1.99. The fraction of sp³-hybridized carbons (Fsp3) is 0.0588. The molecule has 0 aliphatic carbocycles. The molecule has 0 radical (unpaired) electrons. The molecule has 4 rings (SSSR count). The van der Waals surface area contributed by atoms with E-state index in [1.54, 1.807) is 19.5 Å². The van der Waals surface area contributed by atoms with Gasteiger partial charge in [0.05, 0.1) is 18.1 Å². The van der Waals surface area contributed by atoms with E-state index >= 15 is 0 Å².